The molecule has 11 heteroatoms. The van der Waals surface area contributed by atoms with Crippen molar-refractivity contribution in [3.63, 3.8) is 0 Å². The number of alkyl halides is 6. The molecule has 0 aliphatic rings. The number of aliphatic hydroxyl groups is 1. The monoisotopic (exact) mass is 318 g/mol. The van der Waals surface area contributed by atoms with Gasteiger partial charge in [0, 0.05) is 18.3 Å². The van der Waals surface area contributed by atoms with Crippen molar-refractivity contribution in [2.24, 2.45) is 0 Å². The largest absolute Gasteiger partial charge is 0.423 e. The maximum atomic E-state index is 12.6. The highest BCUT2D eigenvalue weighted by atomic mass is 19.4. The zero-order valence-corrected chi connectivity index (χ0v) is 10.00. The molecule has 118 valence electrons. The van der Waals surface area contributed by atoms with E-state index in [0.29, 0.717) is 12.1 Å². The molecule has 0 aromatic heterocycles. The molecule has 0 fully saturated rings. The van der Waals surface area contributed by atoms with E-state index in [1.165, 1.54) is 0 Å². The van der Waals surface area contributed by atoms with Gasteiger partial charge in [-0.2, -0.15) is 26.3 Å². The SMILES string of the molecule is O=[N+]([O-])c1ccc(NCC(O)C(F)(F)F)cc1C(F)(F)F. The third-order valence-corrected chi connectivity index (χ3v) is 2.38. The molecule has 1 atom stereocenters. The fourth-order valence-corrected chi connectivity index (χ4v) is 1.36. The summed E-state index contributed by atoms with van der Waals surface area (Å²) in [5, 5.41) is 21.1. The van der Waals surface area contributed by atoms with Gasteiger partial charge >= 0.3 is 12.4 Å². The fourth-order valence-electron chi connectivity index (χ4n) is 1.36. The number of benzene rings is 1. The van der Waals surface area contributed by atoms with Crippen LogP contribution in [0.4, 0.5) is 37.7 Å². The van der Waals surface area contributed by atoms with Crippen LogP contribution in [0.5, 0.6) is 0 Å². The van der Waals surface area contributed by atoms with Gasteiger partial charge in [-0.05, 0) is 12.1 Å². The quantitative estimate of drug-likeness (QED) is 0.508. The van der Waals surface area contributed by atoms with Gasteiger partial charge in [-0.15, -0.1) is 0 Å². The zero-order chi connectivity index (χ0) is 16.4. The van der Waals surface area contributed by atoms with Crippen molar-refractivity contribution in [2.75, 3.05) is 11.9 Å². The van der Waals surface area contributed by atoms with Gasteiger partial charge in [-0.3, -0.25) is 10.1 Å². The van der Waals surface area contributed by atoms with E-state index in [-0.39, 0.29) is 0 Å². The van der Waals surface area contributed by atoms with Crippen LogP contribution in [-0.4, -0.2) is 28.9 Å². The van der Waals surface area contributed by atoms with Crippen LogP contribution in [0, 0.1) is 10.1 Å². The van der Waals surface area contributed by atoms with Gasteiger partial charge in [0.2, 0.25) is 0 Å². The summed E-state index contributed by atoms with van der Waals surface area (Å²) in [6.07, 6.45) is -12.7. The molecule has 2 N–H and O–H groups in total. The molecule has 0 saturated carbocycles. The minimum Gasteiger partial charge on any atom is -0.382 e. The summed E-state index contributed by atoms with van der Waals surface area (Å²) >= 11 is 0. The van der Waals surface area contributed by atoms with Crippen LogP contribution in [0.3, 0.4) is 0 Å². The van der Waals surface area contributed by atoms with Gasteiger partial charge in [0.25, 0.3) is 5.69 Å². The van der Waals surface area contributed by atoms with E-state index in [4.69, 9.17) is 5.11 Å². The Morgan fingerprint density at radius 1 is 1.24 bits per heavy atom. The van der Waals surface area contributed by atoms with Crippen LogP contribution < -0.4 is 5.32 Å². The smallest absolute Gasteiger partial charge is 0.382 e. The Hall–Kier alpha value is -2.04. The second-order valence-electron chi connectivity index (χ2n) is 3.93. The standard InChI is InChI=1S/C10H8F6N2O3/c11-9(12,13)6-3-5(1-2-7(6)18(20)21)17-4-8(19)10(14,15)16/h1-3,8,17,19H,4H2. The molecule has 1 unspecified atom stereocenters. The first-order valence-electron chi connectivity index (χ1n) is 5.27. The van der Waals surface area contributed by atoms with E-state index in [1.54, 1.807) is 0 Å². The summed E-state index contributed by atoms with van der Waals surface area (Å²) in [7, 11) is 0. The second kappa shape index (κ2) is 5.76. The summed E-state index contributed by atoms with van der Waals surface area (Å²) in [5.74, 6) is 0. The first kappa shape index (κ1) is 17.0. The Kier molecular flexibility index (Phi) is 4.66. The zero-order valence-electron chi connectivity index (χ0n) is 10.00. The third kappa shape index (κ3) is 4.48. The number of nitrogens with one attached hydrogen (secondary N) is 1. The van der Waals surface area contributed by atoms with Crippen LogP contribution in [0.25, 0.3) is 0 Å². The molecule has 0 radical (unpaired) electrons. The highest BCUT2D eigenvalue weighted by Gasteiger charge is 2.39. The van der Waals surface area contributed by atoms with Gasteiger partial charge in [0.05, 0.1) is 4.92 Å². The molecule has 0 heterocycles. The van der Waals surface area contributed by atoms with Gasteiger partial charge < -0.3 is 10.4 Å². The highest BCUT2D eigenvalue weighted by Crippen LogP contribution is 2.37. The summed E-state index contributed by atoms with van der Waals surface area (Å²) in [5.41, 5.74) is -3.25. The highest BCUT2D eigenvalue weighted by molar-refractivity contribution is 5.55. The lowest BCUT2D eigenvalue weighted by molar-refractivity contribution is -0.388. The van der Waals surface area contributed by atoms with Crippen LogP contribution in [0.15, 0.2) is 18.2 Å². The molecule has 21 heavy (non-hydrogen) atoms. The molecule has 0 spiro atoms. The normalized spacial score (nSPS) is 13.9. The van der Waals surface area contributed by atoms with Crippen molar-refractivity contribution in [2.45, 2.75) is 18.5 Å². The lowest BCUT2D eigenvalue weighted by Gasteiger charge is -2.16. The minimum atomic E-state index is -5.04. The maximum Gasteiger partial charge on any atom is 0.423 e. The van der Waals surface area contributed by atoms with Crippen LogP contribution in [0.2, 0.25) is 0 Å². The first-order valence-corrected chi connectivity index (χ1v) is 5.27. The van der Waals surface area contributed by atoms with Gasteiger partial charge in [-0.25, -0.2) is 0 Å². The topological polar surface area (TPSA) is 75.4 Å². The van der Waals surface area contributed by atoms with Crippen LogP contribution >= 0.6 is 0 Å². The van der Waals surface area contributed by atoms with Crippen LogP contribution in [-0.2, 0) is 6.18 Å². The van der Waals surface area contributed by atoms with E-state index in [1.807, 2.05) is 5.32 Å². The van der Waals surface area contributed by atoms with E-state index < -0.39 is 46.9 Å². The first-order chi connectivity index (χ1) is 9.43. The number of hydrogen-bond donors (Lipinski definition) is 2. The van der Waals surface area contributed by atoms with Crippen molar-refractivity contribution in [1.29, 1.82) is 0 Å². The minimum absolute atomic E-state index is 0.307. The Labute approximate surface area is 113 Å². The Morgan fingerprint density at radius 3 is 2.24 bits per heavy atom. The summed E-state index contributed by atoms with van der Waals surface area (Å²) in [6.45, 7) is -1.08. The molecule has 1 aromatic rings. The molecule has 0 amide bonds. The number of aliphatic hydroxyl groups excluding tert-OH is 1. The number of nitrogens with zero attached hydrogens (tertiary/aromatic N) is 1. The van der Waals surface area contributed by atoms with Crippen LogP contribution in [0.1, 0.15) is 5.56 Å². The molecule has 0 bridgehead atoms. The number of hydrogen-bond acceptors (Lipinski definition) is 4. The van der Waals surface area contributed by atoms with E-state index in [2.05, 4.69) is 0 Å². The Morgan fingerprint density at radius 2 is 1.81 bits per heavy atom. The molecule has 1 aromatic carbocycles. The molecule has 0 aliphatic carbocycles. The lowest BCUT2D eigenvalue weighted by Crippen LogP contribution is -2.35. The molecular formula is C10H8F6N2O3. The molecule has 0 saturated heterocycles. The number of nitro benzene ring substituents is 1. The summed E-state index contributed by atoms with van der Waals surface area (Å²) < 4.78 is 73.9. The molecular weight excluding hydrogens is 310 g/mol. The maximum absolute atomic E-state index is 12.6. The predicted molar refractivity (Wildman–Crippen MR) is 58.6 cm³/mol. The van der Waals surface area contributed by atoms with Gasteiger partial charge in [0.1, 0.15) is 5.56 Å². The average molecular weight is 318 g/mol. The van der Waals surface area contributed by atoms with E-state index >= 15 is 0 Å². The Balaban J connectivity index is 2.99. The van der Waals surface area contributed by atoms with Crippen molar-refractivity contribution in [3.05, 3.63) is 33.9 Å². The molecule has 5 nitrogen and oxygen atoms in total. The van der Waals surface area contributed by atoms with E-state index in [0.717, 1.165) is 6.07 Å². The van der Waals surface area contributed by atoms with Gasteiger partial charge in [0.15, 0.2) is 6.10 Å². The fraction of sp³-hybridized carbons (Fsp3) is 0.400. The second-order valence-corrected chi connectivity index (χ2v) is 3.93. The van der Waals surface area contributed by atoms with Gasteiger partial charge in [-0.1, -0.05) is 0 Å². The van der Waals surface area contributed by atoms with Crippen molar-refractivity contribution in [3.8, 4) is 0 Å². The number of rotatable bonds is 4. The lowest BCUT2D eigenvalue weighted by atomic mass is 10.1. The summed E-state index contributed by atoms with van der Waals surface area (Å²) in [4.78, 5) is 9.22. The Bertz CT molecular complexity index is 529. The molecule has 1 rings (SSSR count). The molecule has 0 aliphatic heterocycles. The number of anilines is 1. The summed E-state index contributed by atoms with van der Waals surface area (Å²) in [6, 6.07) is 1.64. The van der Waals surface area contributed by atoms with Crippen molar-refractivity contribution >= 4 is 11.4 Å². The third-order valence-electron chi connectivity index (χ3n) is 2.38. The predicted octanol–water partition coefficient (Wildman–Crippen LogP) is 2.95. The number of halogens is 6. The van der Waals surface area contributed by atoms with E-state index in [9.17, 15) is 36.5 Å². The van der Waals surface area contributed by atoms with Crippen molar-refractivity contribution in [1.82, 2.24) is 0 Å². The van der Waals surface area contributed by atoms with Crippen molar-refractivity contribution < 1.29 is 36.4 Å². The average Bonchev–Trinajstić information content (AvgIpc) is 2.33. The number of nitro groups is 1.